The molecular formula is C18H23N3O3. The molecule has 0 radical (unpaired) electrons. The molecule has 0 bridgehead atoms. The second-order valence-corrected chi connectivity index (χ2v) is 5.95. The zero-order chi connectivity index (χ0) is 17.1. The van der Waals surface area contributed by atoms with Crippen LogP contribution in [0.3, 0.4) is 0 Å². The number of hydrogen-bond donors (Lipinski definition) is 0. The van der Waals surface area contributed by atoms with Gasteiger partial charge in [0.25, 0.3) is 0 Å². The fraction of sp³-hybridized carbons (Fsp3) is 0.500. The summed E-state index contributed by atoms with van der Waals surface area (Å²) in [5, 5.41) is 0. The number of imidazole rings is 1. The lowest BCUT2D eigenvalue weighted by molar-refractivity contribution is -0.143. The molecule has 1 amide bonds. The van der Waals surface area contributed by atoms with Crippen LogP contribution >= 0.6 is 0 Å². The molecule has 1 aliphatic rings. The Morgan fingerprint density at radius 3 is 2.83 bits per heavy atom. The number of para-hydroxylation sites is 2. The number of amides is 1. The number of ether oxygens (including phenoxy) is 1. The van der Waals surface area contributed by atoms with E-state index in [1.54, 1.807) is 6.92 Å². The third kappa shape index (κ3) is 3.00. The summed E-state index contributed by atoms with van der Waals surface area (Å²) in [7, 11) is 0. The van der Waals surface area contributed by atoms with E-state index in [0.717, 1.165) is 36.2 Å². The monoisotopic (exact) mass is 329 g/mol. The minimum Gasteiger partial charge on any atom is -0.465 e. The first-order chi connectivity index (χ1) is 11.7. The van der Waals surface area contributed by atoms with Crippen LogP contribution in [-0.4, -0.2) is 39.5 Å². The Morgan fingerprint density at radius 1 is 1.29 bits per heavy atom. The fourth-order valence-electron chi connectivity index (χ4n) is 3.39. The van der Waals surface area contributed by atoms with Crippen molar-refractivity contribution in [1.29, 1.82) is 0 Å². The Hall–Kier alpha value is -2.37. The van der Waals surface area contributed by atoms with Gasteiger partial charge < -0.3 is 14.2 Å². The topological polar surface area (TPSA) is 64.4 Å². The molecule has 6 nitrogen and oxygen atoms in total. The Bertz CT molecular complexity index is 753. The van der Waals surface area contributed by atoms with Gasteiger partial charge in [0.05, 0.1) is 23.7 Å². The molecule has 0 saturated carbocycles. The Balaban J connectivity index is 2.03. The second-order valence-electron chi connectivity index (χ2n) is 5.95. The number of carbonyl (C=O) groups is 2. The van der Waals surface area contributed by atoms with Crippen LogP contribution in [0.5, 0.6) is 0 Å². The largest absolute Gasteiger partial charge is 0.465 e. The lowest BCUT2D eigenvalue weighted by Crippen LogP contribution is -2.31. The third-order valence-electron chi connectivity index (χ3n) is 4.45. The third-order valence-corrected chi connectivity index (χ3v) is 4.45. The molecular weight excluding hydrogens is 306 g/mol. The SMILES string of the molecule is CCOC(=O)Cn1c([C@@H]2CCCN2C(=O)CC)nc2ccccc21. The number of hydrogen-bond acceptors (Lipinski definition) is 4. The van der Waals surface area contributed by atoms with E-state index in [1.807, 2.05) is 40.7 Å². The molecule has 1 fully saturated rings. The van der Waals surface area contributed by atoms with E-state index in [-0.39, 0.29) is 24.5 Å². The molecule has 1 aromatic heterocycles. The summed E-state index contributed by atoms with van der Waals surface area (Å²) in [5.41, 5.74) is 1.74. The van der Waals surface area contributed by atoms with Crippen molar-refractivity contribution in [3.63, 3.8) is 0 Å². The van der Waals surface area contributed by atoms with Crippen LogP contribution in [0.1, 0.15) is 45.0 Å². The summed E-state index contributed by atoms with van der Waals surface area (Å²) in [6, 6.07) is 7.67. The second kappa shape index (κ2) is 7.03. The van der Waals surface area contributed by atoms with Crippen LogP contribution in [0.4, 0.5) is 0 Å². The maximum atomic E-state index is 12.2. The lowest BCUT2D eigenvalue weighted by atomic mass is 10.2. The van der Waals surface area contributed by atoms with Crippen molar-refractivity contribution in [1.82, 2.24) is 14.5 Å². The molecule has 3 rings (SSSR count). The lowest BCUT2D eigenvalue weighted by Gasteiger charge is -2.24. The summed E-state index contributed by atoms with van der Waals surface area (Å²) in [6.07, 6.45) is 2.31. The standard InChI is InChI=1S/C18H23N3O3/c1-3-16(22)20-11-7-10-15(20)18-19-13-8-5-6-9-14(13)21(18)12-17(23)24-4-2/h5-6,8-9,15H,3-4,7,10-12H2,1-2H3/t15-/m0/s1. The molecule has 1 aromatic carbocycles. The van der Waals surface area contributed by atoms with Crippen LogP contribution in [0, 0.1) is 0 Å². The van der Waals surface area contributed by atoms with Crippen molar-refractivity contribution in [2.45, 2.75) is 45.7 Å². The van der Waals surface area contributed by atoms with E-state index in [4.69, 9.17) is 9.72 Å². The van der Waals surface area contributed by atoms with Gasteiger partial charge in [-0.15, -0.1) is 0 Å². The predicted molar refractivity (Wildman–Crippen MR) is 90.3 cm³/mol. The number of nitrogens with zero attached hydrogens (tertiary/aromatic N) is 3. The molecule has 0 aliphatic carbocycles. The summed E-state index contributed by atoms with van der Waals surface area (Å²) in [5.74, 6) is 0.629. The summed E-state index contributed by atoms with van der Waals surface area (Å²) in [4.78, 5) is 30.9. The van der Waals surface area contributed by atoms with Gasteiger partial charge in [-0.2, -0.15) is 0 Å². The highest BCUT2D eigenvalue weighted by molar-refractivity contribution is 5.80. The highest BCUT2D eigenvalue weighted by atomic mass is 16.5. The summed E-state index contributed by atoms with van der Waals surface area (Å²) < 4.78 is 7.01. The van der Waals surface area contributed by atoms with Gasteiger partial charge in [-0.1, -0.05) is 19.1 Å². The molecule has 0 unspecified atom stereocenters. The van der Waals surface area contributed by atoms with Crippen molar-refractivity contribution in [3.8, 4) is 0 Å². The molecule has 1 atom stereocenters. The number of aromatic nitrogens is 2. The maximum absolute atomic E-state index is 12.2. The number of fused-ring (bicyclic) bond motifs is 1. The molecule has 6 heteroatoms. The van der Waals surface area contributed by atoms with Crippen molar-refractivity contribution >= 4 is 22.9 Å². The molecule has 1 saturated heterocycles. The molecule has 24 heavy (non-hydrogen) atoms. The zero-order valence-electron chi connectivity index (χ0n) is 14.2. The van der Waals surface area contributed by atoms with Gasteiger partial charge in [0.15, 0.2) is 0 Å². The number of likely N-dealkylation sites (tertiary alicyclic amines) is 1. The van der Waals surface area contributed by atoms with E-state index >= 15 is 0 Å². The number of rotatable bonds is 5. The molecule has 2 aromatic rings. The minimum atomic E-state index is -0.284. The van der Waals surface area contributed by atoms with Crippen LogP contribution < -0.4 is 0 Å². The van der Waals surface area contributed by atoms with Crippen molar-refractivity contribution in [2.24, 2.45) is 0 Å². The first-order valence-electron chi connectivity index (χ1n) is 8.56. The van der Waals surface area contributed by atoms with Crippen LogP contribution in [0.25, 0.3) is 11.0 Å². The Kier molecular flexibility index (Phi) is 4.83. The normalized spacial score (nSPS) is 17.4. The van der Waals surface area contributed by atoms with Gasteiger partial charge in [-0.25, -0.2) is 4.98 Å². The Morgan fingerprint density at radius 2 is 2.08 bits per heavy atom. The maximum Gasteiger partial charge on any atom is 0.326 e. The highest BCUT2D eigenvalue weighted by Crippen LogP contribution is 2.33. The van der Waals surface area contributed by atoms with Crippen molar-refractivity contribution < 1.29 is 14.3 Å². The average molecular weight is 329 g/mol. The molecule has 128 valence electrons. The number of benzene rings is 1. The van der Waals surface area contributed by atoms with Crippen LogP contribution in [0.15, 0.2) is 24.3 Å². The molecule has 0 spiro atoms. The zero-order valence-corrected chi connectivity index (χ0v) is 14.2. The van der Waals surface area contributed by atoms with Gasteiger partial charge in [0.1, 0.15) is 12.4 Å². The van der Waals surface area contributed by atoms with Gasteiger partial charge in [-0.05, 0) is 31.9 Å². The van der Waals surface area contributed by atoms with Crippen LogP contribution in [-0.2, 0) is 20.9 Å². The van der Waals surface area contributed by atoms with Crippen LogP contribution in [0.2, 0.25) is 0 Å². The van der Waals surface area contributed by atoms with Gasteiger partial charge in [0.2, 0.25) is 5.91 Å². The minimum absolute atomic E-state index is 0.0701. The first kappa shape index (κ1) is 16.5. The van der Waals surface area contributed by atoms with E-state index in [9.17, 15) is 9.59 Å². The van der Waals surface area contributed by atoms with E-state index in [1.165, 1.54) is 0 Å². The Labute approximate surface area is 141 Å². The van der Waals surface area contributed by atoms with E-state index in [0.29, 0.717) is 13.0 Å². The fourth-order valence-corrected chi connectivity index (χ4v) is 3.39. The smallest absolute Gasteiger partial charge is 0.326 e. The molecule has 0 N–H and O–H groups in total. The van der Waals surface area contributed by atoms with E-state index < -0.39 is 0 Å². The van der Waals surface area contributed by atoms with Crippen molar-refractivity contribution in [3.05, 3.63) is 30.1 Å². The van der Waals surface area contributed by atoms with Crippen molar-refractivity contribution in [2.75, 3.05) is 13.2 Å². The molecule has 2 heterocycles. The summed E-state index contributed by atoms with van der Waals surface area (Å²) >= 11 is 0. The average Bonchev–Trinajstić information content (AvgIpc) is 3.19. The van der Waals surface area contributed by atoms with Gasteiger partial charge in [-0.3, -0.25) is 9.59 Å². The number of carbonyl (C=O) groups excluding carboxylic acids is 2. The quantitative estimate of drug-likeness (QED) is 0.791. The predicted octanol–water partition coefficient (Wildman–Crippen LogP) is 2.67. The summed E-state index contributed by atoms with van der Waals surface area (Å²) in [6.45, 7) is 4.89. The van der Waals surface area contributed by atoms with Gasteiger partial charge >= 0.3 is 5.97 Å². The molecule has 1 aliphatic heterocycles. The van der Waals surface area contributed by atoms with Gasteiger partial charge in [0, 0.05) is 13.0 Å². The first-order valence-corrected chi connectivity index (χ1v) is 8.56. The highest BCUT2D eigenvalue weighted by Gasteiger charge is 2.33. The number of esters is 1. The van der Waals surface area contributed by atoms with E-state index in [2.05, 4.69) is 0 Å².